The van der Waals surface area contributed by atoms with Crippen molar-refractivity contribution in [1.82, 2.24) is 9.88 Å². The van der Waals surface area contributed by atoms with Gasteiger partial charge in [-0.05, 0) is 58.7 Å². The van der Waals surface area contributed by atoms with Crippen molar-refractivity contribution in [3.63, 3.8) is 0 Å². The molecule has 4 nitrogen and oxygen atoms in total. The molecule has 33 heavy (non-hydrogen) atoms. The Balaban J connectivity index is 1.32. The van der Waals surface area contributed by atoms with Crippen LogP contribution in [0.4, 0.5) is 0 Å². The van der Waals surface area contributed by atoms with Crippen LogP contribution >= 0.6 is 0 Å². The fourth-order valence-electron chi connectivity index (χ4n) is 4.85. The SMILES string of the molecule is O=C(c1cccc2ccccc12)N1Cc2ccccc2C[C@H]1COc1ccc2[nH]ccc2c1. The van der Waals surface area contributed by atoms with Crippen LogP contribution < -0.4 is 4.74 Å². The fraction of sp³-hybridized carbons (Fsp3) is 0.138. The van der Waals surface area contributed by atoms with Gasteiger partial charge in [0.1, 0.15) is 12.4 Å². The zero-order valence-electron chi connectivity index (χ0n) is 18.2. The van der Waals surface area contributed by atoms with E-state index in [1.807, 2.05) is 71.8 Å². The molecule has 1 amide bonds. The number of ether oxygens (including phenoxy) is 1. The number of carbonyl (C=O) groups excluding carboxylic acids is 1. The molecule has 1 N–H and O–H groups in total. The Morgan fingerprint density at radius 1 is 0.879 bits per heavy atom. The van der Waals surface area contributed by atoms with Crippen molar-refractivity contribution >= 4 is 27.6 Å². The number of aromatic amines is 1. The molecule has 0 spiro atoms. The van der Waals surface area contributed by atoms with Crippen molar-refractivity contribution in [3.8, 4) is 5.75 Å². The van der Waals surface area contributed by atoms with Crippen LogP contribution in [0.5, 0.6) is 5.75 Å². The van der Waals surface area contributed by atoms with Crippen LogP contribution in [0.3, 0.4) is 0 Å². The van der Waals surface area contributed by atoms with E-state index in [-0.39, 0.29) is 11.9 Å². The van der Waals surface area contributed by atoms with Crippen molar-refractivity contribution in [2.45, 2.75) is 19.0 Å². The van der Waals surface area contributed by atoms with Gasteiger partial charge < -0.3 is 14.6 Å². The van der Waals surface area contributed by atoms with Gasteiger partial charge in [0.25, 0.3) is 5.91 Å². The molecule has 2 heterocycles. The Labute approximate surface area is 192 Å². The smallest absolute Gasteiger partial charge is 0.255 e. The van der Waals surface area contributed by atoms with Gasteiger partial charge in [0.15, 0.2) is 0 Å². The van der Waals surface area contributed by atoms with Gasteiger partial charge in [-0.3, -0.25) is 4.79 Å². The lowest BCUT2D eigenvalue weighted by molar-refractivity contribution is 0.0568. The maximum atomic E-state index is 13.9. The Morgan fingerprint density at radius 2 is 1.70 bits per heavy atom. The standard InChI is InChI=1S/C29H24N2O2/c32-29(27-11-5-9-20-6-3-4-10-26(20)27)31-18-23-8-2-1-7-21(23)16-24(31)19-33-25-12-13-28-22(17-25)14-15-30-28/h1-15,17,24,30H,16,18-19H2/t24-/m0/s1. The molecule has 0 aliphatic carbocycles. The molecule has 0 saturated carbocycles. The summed E-state index contributed by atoms with van der Waals surface area (Å²) in [5.74, 6) is 0.870. The van der Waals surface area contributed by atoms with Crippen LogP contribution in [0, 0.1) is 0 Å². The van der Waals surface area contributed by atoms with E-state index in [9.17, 15) is 4.79 Å². The maximum absolute atomic E-state index is 13.9. The Bertz CT molecular complexity index is 1460. The Morgan fingerprint density at radius 3 is 2.64 bits per heavy atom. The number of aromatic nitrogens is 1. The van der Waals surface area contributed by atoms with Crippen molar-refractivity contribution in [3.05, 3.63) is 114 Å². The first kappa shape index (κ1) is 19.6. The third-order valence-corrected chi connectivity index (χ3v) is 6.60. The van der Waals surface area contributed by atoms with E-state index in [4.69, 9.17) is 4.74 Å². The van der Waals surface area contributed by atoms with Crippen LogP contribution in [-0.2, 0) is 13.0 Å². The van der Waals surface area contributed by atoms with E-state index in [0.717, 1.165) is 39.4 Å². The van der Waals surface area contributed by atoms with Crippen molar-refractivity contribution < 1.29 is 9.53 Å². The van der Waals surface area contributed by atoms with E-state index >= 15 is 0 Å². The first-order chi connectivity index (χ1) is 16.3. The van der Waals surface area contributed by atoms with E-state index in [0.29, 0.717) is 13.2 Å². The average molecular weight is 433 g/mol. The van der Waals surface area contributed by atoms with E-state index in [1.54, 1.807) is 0 Å². The van der Waals surface area contributed by atoms with E-state index < -0.39 is 0 Å². The topological polar surface area (TPSA) is 45.3 Å². The molecule has 1 aliphatic rings. The van der Waals surface area contributed by atoms with Gasteiger partial charge in [-0.1, -0.05) is 60.7 Å². The number of fused-ring (bicyclic) bond motifs is 3. The summed E-state index contributed by atoms with van der Waals surface area (Å²) >= 11 is 0. The van der Waals surface area contributed by atoms with Crippen LogP contribution in [0.1, 0.15) is 21.5 Å². The first-order valence-electron chi connectivity index (χ1n) is 11.3. The van der Waals surface area contributed by atoms with Crippen LogP contribution in [-0.4, -0.2) is 28.4 Å². The number of benzene rings is 4. The molecule has 4 heteroatoms. The highest BCUT2D eigenvalue weighted by Crippen LogP contribution is 2.28. The number of rotatable bonds is 4. The van der Waals surface area contributed by atoms with Gasteiger partial charge in [-0.15, -0.1) is 0 Å². The zero-order chi connectivity index (χ0) is 22.2. The minimum absolute atomic E-state index is 0.0479. The highest BCUT2D eigenvalue weighted by Gasteiger charge is 2.31. The van der Waals surface area contributed by atoms with Crippen LogP contribution in [0.15, 0.2) is 97.2 Å². The number of amides is 1. The summed E-state index contributed by atoms with van der Waals surface area (Å²) in [7, 11) is 0. The molecule has 1 aromatic heterocycles. The lowest BCUT2D eigenvalue weighted by atomic mass is 9.93. The monoisotopic (exact) mass is 432 g/mol. The third kappa shape index (κ3) is 3.64. The molecule has 1 atom stereocenters. The summed E-state index contributed by atoms with van der Waals surface area (Å²) in [6.07, 6.45) is 2.70. The molecular weight excluding hydrogens is 408 g/mol. The molecule has 0 fully saturated rings. The number of carbonyl (C=O) groups is 1. The third-order valence-electron chi connectivity index (χ3n) is 6.60. The minimum Gasteiger partial charge on any atom is -0.491 e. The first-order valence-corrected chi connectivity index (χ1v) is 11.3. The Kier molecular flexibility index (Phi) is 4.84. The summed E-state index contributed by atoms with van der Waals surface area (Å²) < 4.78 is 6.23. The number of nitrogens with one attached hydrogen (secondary N) is 1. The molecule has 0 bridgehead atoms. The van der Waals surface area contributed by atoms with Gasteiger partial charge in [0, 0.05) is 29.2 Å². The molecule has 0 saturated heterocycles. The van der Waals surface area contributed by atoms with E-state index in [2.05, 4.69) is 35.3 Å². The average Bonchev–Trinajstić information content (AvgIpc) is 3.34. The quantitative estimate of drug-likeness (QED) is 0.380. The molecule has 0 unspecified atom stereocenters. The second-order valence-electron chi connectivity index (χ2n) is 8.62. The Hall–Kier alpha value is -4.05. The predicted octanol–water partition coefficient (Wildman–Crippen LogP) is 5.97. The van der Waals surface area contributed by atoms with Gasteiger partial charge in [-0.2, -0.15) is 0 Å². The molecule has 4 aromatic carbocycles. The summed E-state index contributed by atoms with van der Waals surface area (Å²) in [4.78, 5) is 19.0. The second-order valence-corrected chi connectivity index (χ2v) is 8.62. The lowest BCUT2D eigenvalue weighted by Gasteiger charge is -2.37. The van der Waals surface area contributed by atoms with Crippen LogP contribution in [0.25, 0.3) is 21.7 Å². The summed E-state index contributed by atoms with van der Waals surface area (Å²) in [5, 5.41) is 3.18. The molecule has 5 aromatic rings. The molecular formula is C29H24N2O2. The highest BCUT2D eigenvalue weighted by atomic mass is 16.5. The lowest BCUT2D eigenvalue weighted by Crippen LogP contribution is -2.47. The van der Waals surface area contributed by atoms with Gasteiger partial charge in [-0.25, -0.2) is 0 Å². The van der Waals surface area contributed by atoms with Gasteiger partial charge >= 0.3 is 0 Å². The number of hydrogen-bond donors (Lipinski definition) is 1. The number of hydrogen-bond acceptors (Lipinski definition) is 2. The normalized spacial score (nSPS) is 15.5. The number of nitrogens with zero attached hydrogens (tertiary/aromatic N) is 1. The highest BCUT2D eigenvalue weighted by molar-refractivity contribution is 6.07. The van der Waals surface area contributed by atoms with Gasteiger partial charge in [0.05, 0.1) is 6.04 Å². The number of H-pyrrole nitrogens is 1. The van der Waals surface area contributed by atoms with E-state index in [1.165, 1.54) is 11.1 Å². The maximum Gasteiger partial charge on any atom is 0.255 e. The second kappa shape index (κ2) is 8.14. The van der Waals surface area contributed by atoms with Crippen molar-refractivity contribution in [2.75, 3.05) is 6.61 Å². The molecule has 162 valence electrons. The van der Waals surface area contributed by atoms with Gasteiger partial charge in [0.2, 0.25) is 0 Å². The summed E-state index contributed by atoms with van der Waals surface area (Å²) in [6, 6.07) is 30.4. The summed E-state index contributed by atoms with van der Waals surface area (Å²) in [5.41, 5.74) is 4.32. The van der Waals surface area contributed by atoms with Crippen molar-refractivity contribution in [1.29, 1.82) is 0 Å². The largest absolute Gasteiger partial charge is 0.491 e. The molecule has 1 aliphatic heterocycles. The molecule has 6 rings (SSSR count). The predicted molar refractivity (Wildman–Crippen MR) is 132 cm³/mol. The fourth-order valence-corrected chi connectivity index (χ4v) is 4.85. The minimum atomic E-state index is -0.0479. The molecule has 0 radical (unpaired) electrons. The summed E-state index contributed by atoms with van der Waals surface area (Å²) in [6.45, 7) is 1.03. The zero-order valence-corrected chi connectivity index (χ0v) is 18.2. The van der Waals surface area contributed by atoms with Crippen LogP contribution in [0.2, 0.25) is 0 Å². The van der Waals surface area contributed by atoms with Crippen molar-refractivity contribution in [2.24, 2.45) is 0 Å².